The van der Waals surface area contributed by atoms with Crippen molar-refractivity contribution in [3.05, 3.63) is 52.3 Å². The molecule has 6 nitrogen and oxygen atoms in total. The minimum atomic E-state index is -0.382. The van der Waals surface area contributed by atoms with Gasteiger partial charge < -0.3 is 14.4 Å². The van der Waals surface area contributed by atoms with Crippen LogP contribution in [0.15, 0.2) is 30.5 Å². The maximum atomic E-state index is 13.4. The Kier molecular flexibility index (Phi) is 5.48. The highest BCUT2D eigenvalue weighted by molar-refractivity contribution is 6.31. The van der Waals surface area contributed by atoms with Crippen LogP contribution in [-0.4, -0.2) is 46.6 Å². The highest BCUT2D eigenvalue weighted by Crippen LogP contribution is 2.28. The zero-order valence-electron chi connectivity index (χ0n) is 15.4. The van der Waals surface area contributed by atoms with Crippen molar-refractivity contribution in [2.75, 3.05) is 19.8 Å². The number of halogens is 1. The fourth-order valence-electron chi connectivity index (χ4n) is 3.89. The number of aromatic nitrogens is 2. The van der Waals surface area contributed by atoms with Crippen LogP contribution in [0.25, 0.3) is 0 Å². The third kappa shape index (κ3) is 4.18. The van der Waals surface area contributed by atoms with Crippen molar-refractivity contribution in [3.63, 3.8) is 0 Å². The van der Waals surface area contributed by atoms with E-state index in [9.17, 15) is 4.79 Å². The van der Waals surface area contributed by atoms with Crippen LogP contribution in [0.2, 0.25) is 5.02 Å². The minimum Gasteiger partial charge on any atom is -0.348 e. The standard InChI is InChI=1S/C20H24ClN3O3/c1-23-11-17(21)18(22-23)12-24(13-19-26-8-9-27-19)20(25)16-7-6-14-4-2-3-5-15(14)10-16/h2-5,11,16,19H,6-10,12-13H2,1H3/t16-/m0/s1. The van der Waals surface area contributed by atoms with E-state index in [1.165, 1.54) is 11.1 Å². The molecule has 2 aromatic rings. The summed E-state index contributed by atoms with van der Waals surface area (Å²) in [5, 5.41) is 4.96. The lowest BCUT2D eigenvalue weighted by Gasteiger charge is -2.31. The zero-order valence-corrected chi connectivity index (χ0v) is 16.2. The average molecular weight is 390 g/mol. The van der Waals surface area contributed by atoms with Gasteiger partial charge in [0.2, 0.25) is 5.91 Å². The van der Waals surface area contributed by atoms with Crippen LogP contribution < -0.4 is 0 Å². The van der Waals surface area contributed by atoms with Gasteiger partial charge in [0.05, 0.1) is 31.3 Å². The lowest BCUT2D eigenvalue weighted by molar-refractivity contribution is -0.143. The van der Waals surface area contributed by atoms with Crippen LogP contribution in [0.4, 0.5) is 0 Å². The molecule has 1 aromatic heterocycles. The molecule has 1 aromatic carbocycles. The number of rotatable bonds is 5. The number of fused-ring (bicyclic) bond motifs is 1. The SMILES string of the molecule is Cn1cc(Cl)c(CN(CC2OCCO2)C(=O)[C@H]2CCc3ccccc3C2)n1. The van der Waals surface area contributed by atoms with Crippen molar-refractivity contribution in [1.29, 1.82) is 0 Å². The molecular weight excluding hydrogens is 366 g/mol. The number of ether oxygens (including phenoxy) is 2. The molecule has 0 saturated carbocycles. The molecule has 1 aliphatic carbocycles. The number of amides is 1. The monoisotopic (exact) mass is 389 g/mol. The Labute approximate surface area is 164 Å². The number of carbonyl (C=O) groups is 1. The highest BCUT2D eigenvalue weighted by Gasteiger charge is 2.31. The Balaban J connectivity index is 1.52. The third-order valence-corrected chi connectivity index (χ3v) is 5.58. The Morgan fingerprint density at radius 2 is 2.04 bits per heavy atom. The van der Waals surface area contributed by atoms with Crippen molar-refractivity contribution >= 4 is 17.5 Å². The first kappa shape index (κ1) is 18.5. The van der Waals surface area contributed by atoms with Crippen LogP contribution in [0.3, 0.4) is 0 Å². The van der Waals surface area contributed by atoms with Crippen molar-refractivity contribution in [2.24, 2.45) is 13.0 Å². The number of carbonyl (C=O) groups excluding carboxylic acids is 1. The molecule has 27 heavy (non-hydrogen) atoms. The maximum absolute atomic E-state index is 13.4. The van der Waals surface area contributed by atoms with Gasteiger partial charge in [-0.15, -0.1) is 0 Å². The highest BCUT2D eigenvalue weighted by atomic mass is 35.5. The van der Waals surface area contributed by atoms with E-state index < -0.39 is 0 Å². The molecule has 0 unspecified atom stereocenters. The van der Waals surface area contributed by atoms with Gasteiger partial charge in [-0.05, 0) is 30.4 Å². The molecule has 0 bridgehead atoms. The van der Waals surface area contributed by atoms with E-state index >= 15 is 0 Å². The first-order valence-electron chi connectivity index (χ1n) is 9.37. The quantitative estimate of drug-likeness (QED) is 0.788. The van der Waals surface area contributed by atoms with Gasteiger partial charge in [-0.3, -0.25) is 9.48 Å². The summed E-state index contributed by atoms with van der Waals surface area (Å²) in [5.74, 6) is 0.0779. The van der Waals surface area contributed by atoms with E-state index in [2.05, 4.69) is 23.3 Å². The Bertz CT molecular complexity index is 817. The summed E-state index contributed by atoms with van der Waals surface area (Å²) < 4.78 is 12.8. The normalized spacial score (nSPS) is 19.9. The molecule has 1 aliphatic heterocycles. The summed E-state index contributed by atoms with van der Waals surface area (Å²) in [6.07, 6.45) is 3.93. The summed E-state index contributed by atoms with van der Waals surface area (Å²) in [4.78, 5) is 15.1. The van der Waals surface area contributed by atoms with Gasteiger partial charge >= 0.3 is 0 Å². The smallest absolute Gasteiger partial charge is 0.226 e. The van der Waals surface area contributed by atoms with Crippen LogP contribution in [0.1, 0.15) is 23.2 Å². The van der Waals surface area contributed by atoms with E-state index in [1.54, 1.807) is 15.8 Å². The van der Waals surface area contributed by atoms with E-state index in [4.69, 9.17) is 21.1 Å². The van der Waals surface area contributed by atoms with Crippen LogP contribution in [0, 0.1) is 5.92 Å². The second-order valence-electron chi connectivity index (χ2n) is 7.20. The van der Waals surface area contributed by atoms with Crippen LogP contribution >= 0.6 is 11.6 Å². The van der Waals surface area contributed by atoms with Crippen molar-refractivity contribution in [3.8, 4) is 0 Å². The molecule has 0 radical (unpaired) electrons. The van der Waals surface area contributed by atoms with E-state index in [-0.39, 0.29) is 18.1 Å². The molecular formula is C20H24ClN3O3. The van der Waals surface area contributed by atoms with Gasteiger partial charge in [0, 0.05) is 19.2 Å². The predicted octanol–water partition coefficient (Wildman–Crippen LogP) is 2.58. The molecule has 4 rings (SSSR count). The summed E-state index contributed by atoms with van der Waals surface area (Å²) in [5.41, 5.74) is 3.32. The van der Waals surface area contributed by atoms with Gasteiger partial charge in [-0.25, -0.2) is 0 Å². The Morgan fingerprint density at radius 3 is 2.74 bits per heavy atom. The largest absolute Gasteiger partial charge is 0.348 e. The molecule has 1 fully saturated rings. The molecule has 2 heterocycles. The Morgan fingerprint density at radius 1 is 1.30 bits per heavy atom. The van der Waals surface area contributed by atoms with E-state index in [1.807, 2.05) is 13.1 Å². The molecule has 7 heteroatoms. The molecule has 1 atom stereocenters. The molecule has 1 amide bonds. The molecule has 0 N–H and O–H groups in total. The zero-order chi connectivity index (χ0) is 18.8. The summed E-state index contributed by atoms with van der Waals surface area (Å²) in [6.45, 7) is 1.88. The van der Waals surface area contributed by atoms with Gasteiger partial charge in [-0.2, -0.15) is 5.10 Å². The lowest BCUT2D eigenvalue weighted by Crippen LogP contribution is -2.42. The number of nitrogens with zero attached hydrogens (tertiary/aromatic N) is 3. The number of aryl methyl sites for hydroxylation is 2. The summed E-state index contributed by atoms with van der Waals surface area (Å²) >= 11 is 6.28. The van der Waals surface area contributed by atoms with Crippen molar-refractivity contribution in [1.82, 2.24) is 14.7 Å². The lowest BCUT2D eigenvalue weighted by atomic mass is 9.83. The van der Waals surface area contributed by atoms with Crippen LogP contribution in [0.5, 0.6) is 0 Å². The van der Waals surface area contributed by atoms with Crippen molar-refractivity contribution in [2.45, 2.75) is 32.1 Å². The van der Waals surface area contributed by atoms with Crippen LogP contribution in [-0.2, 0) is 40.7 Å². The number of hydrogen-bond acceptors (Lipinski definition) is 4. The van der Waals surface area contributed by atoms with Gasteiger partial charge in [0.1, 0.15) is 5.69 Å². The second kappa shape index (κ2) is 8.00. The van der Waals surface area contributed by atoms with Gasteiger partial charge in [0.15, 0.2) is 6.29 Å². The van der Waals surface area contributed by atoms with Gasteiger partial charge in [0.25, 0.3) is 0 Å². The minimum absolute atomic E-state index is 0.0382. The Hall–Kier alpha value is -1.89. The first-order chi connectivity index (χ1) is 13.1. The summed E-state index contributed by atoms with van der Waals surface area (Å²) in [6, 6.07) is 8.38. The van der Waals surface area contributed by atoms with E-state index in [0.717, 1.165) is 19.3 Å². The van der Waals surface area contributed by atoms with Gasteiger partial charge in [-0.1, -0.05) is 35.9 Å². The topological polar surface area (TPSA) is 56.6 Å². The summed E-state index contributed by atoms with van der Waals surface area (Å²) in [7, 11) is 1.82. The fourth-order valence-corrected chi connectivity index (χ4v) is 4.12. The predicted molar refractivity (Wildman–Crippen MR) is 101 cm³/mol. The average Bonchev–Trinajstić information content (AvgIpc) is 3.29. The maximum Gasteiger partial charge on any atom is 0.226 e. The third-order valence-electron chi connectivity index (χ3n) is 5.26. The molecule has 1 saturated heterocycles. The molecule has 2 aliphatic rings. The fraction of sp³-hybridized carbons (Fsp3) is 0.500. The second-order valence-corrected chi connectivity index (χ2v) is 7.60. The van der Waals surface area contributed by atoms with E-state index in [0.29, 0.717) is 37.0 Å². The molecule has 144 valence electrons. The van der Waals surface area contributed by atoms with Crippen molar-refractivity contribution < 1.29 is 14.3 Å². The molecule has 0 spiro atoms. The number of benzene rings is 1. The first-order valence-corrected chi connectivity index (χ1v) is 9.75. The number of hydrogen-bond donors (Lipinski definition) is 0.